The Morgan fingerprint density at radius 1 is 0.400 bits per heavy atom. The van der Waals surface area contributed by atoms with E-state index in [-0.39, 0.29) is 5.41 Å². The Morgan fingerprint density at radius 2 is 0.983 bits per heavy atom. The van der Waals surface area contributed by atoms with Crippen molar-refractivity contribution < 1.29 is 0 Å². The molecule has 12 rings (SSSR count). The van der Waals surface area contributed by atoms with Gasteiger partial charge in [-0.3, -0.25) is 0 Å². The van der Waals surface area contributed by atoms with Gasteiger partial charge >= 0.3 is 0 Å². The molecule has 3 heteroatoms. The molecule has 0 aliphatic heterocycles. The van der Waals surface area contributed by atoms with Crippen LogP contribution in [0.4, 0.5) is 17.1 Å². The number of rotatable bonds is 6. The molecule has 11 aromatic rings. The summed E-state index contributed by atoms with van der Waals surface area (Å²) >= 11 is 1.87. The standard InChI is InChI=1S/C57H40N2S/c1-57(2)50-21-11-9-18-45(50)46-31-29-43(36-51(46)57)58(41-27-24-38(25-28-41)37-14-5-3-6-15-37)42-30-33-53-49(35-42)48-34-39(26-32-52(48)59(53)40-16-7-4-8-17-40)44-20-13-23-55-56(44)47-19-10-12-22-54(47)60-55/h3-36H,1-2H3. The van der Waals surface area contributed by atoms with E-state index in [4.69, 9.17) is 0 Å². The summed E-state index contributed by atoms with van der Waals surface area (Å²) in [6.07, 6.45) is 0. The van der Waals surface area contributed by atoms with E-state index in [0.29, 0.717) is 0 Å². The van der Waals surface area contributed by atoms with Crippen molar-refractivity contribution in [3.63, 3.8) is 0 Å². The van der Waals surface area contributed by atoms with Crippen LogP contribution in [-0.2, 0) is 5.41 Å². The first-order valence-corrected chi connectivity index (χ1v) is 21.6. The summed E-state index contributed by atoms with van der Waals surface area (Å²) < 4.78 is 5.06. The average Bonchev–Trinajstić information content (AvgIpc) is 3.92. The lowest BCUT2D eigenvalue weighted by Crippen LogP contribution is -2.16. The summed E-state index contributed by atoms with van der Waals surface area (Å²) in [5, 5.41) is 5.10. The van der Waals surface area contributed by atoms with Crippen molar-refractivity contribution in [2.24, 2.45) is 0 Å². The van der Waals surface area contributed by atoms with Gasteiger partial charge in [0, 0.05) is 59.1 Å². The summed E-state index contributed by atoms with van der Waals surface area (Å²) in [5.41, 5.74) is 17.1. The second kappa shape index (κ2) is 13.4. The quantitative estimate of drug-likeness (QED) is 0.163. The minimum atomic E-state index is -0.120. The summed E-state index contributed by atoms with van der Waals surface area (Å²) in [6, 6.07) is 76.1. The fourth-order valence-electron chi connectivity index (χ4n) is 9.90. The fourth-order valence-corrected chi connectivity index (χ4v) is 11.0. The molecule has 0 radical (unpaired) electrons. The maximum Gasteiger partial charge on any atom is 0.0542 e. The van der Waals surface area contributed by atoms with Crippen LogP contribution in [0.25, 0.3) is 81.0 Å². The zero-order valence-electron chi connectivity index (χ0n) is 33.4. The first-order valence-electron chi connectivity index (χ1n) is 20.8. The smallest absolute Gasteiger partial charge is 0.0542 e. The average molecular weight is 785 g/mol. The minimum Gasteiger partial charge on any atom is -0.310 e. The summed E-state index contributed by atoms with van der Waals surface area (Å²) in [6.45, 7) is 4.73. The third-order valence-electron chi connectivity index (χ3n) is 12.8. The molecule has 2 heterocycles. The van der Waals surface area contributed by atoms with Gasteiger partial charge < -0.3 is 9.47 Å². The van der Waals surface area contributed by atoms with Crippen molar-refractivity contribution in [2.75, 3.05) is 4.90 Å². The molecular formula is C57H40N2S. The van der Waals surface area contributed by atoms with Gasteiger partial charge in [0.1, 0.15) is 0 Å². The van der Waals surface area contributed by atoms with Crippen molar-refractivity contribution in [1.29, 1.82) is 0 Å². The number of fused-ring (bicyclic) bond motifs is 9. The Morgan fingerprint density at radius 3 is 1.82 bits per heavy atom. The normalized spacial score (nSPS) is 13.0. The molecule has 1 aliphatic carbocycles. The Bertz CT molecular complexity index is 3450. The van der Waals surface area contributed by atoms with Crippen molar-refractivity contribution in [3.05, 3.63) is 217 Å². The summed E-state index contributed by atoms with van der Waals surface area (Å²) in [4.78, 5) is 2.45. The van der Waals surface area contributed by atoms with Crippen LogP contribution < -0.4 is 4.90 Å². The molecular weight excluding hydrogens is 745 g/mol. The number of aromatic nitrogens is 1. The third kappa shape index (κ3) is 5.33. The number of hydrogen-bond acceptors (Lipinski definition) is 2. The van der Waals surface area contributed by atoms with Gasteiger partial charge in [-0.05, 0) is 123 Å². The molecule has 0 saturated carbocycles. The second-order valence-corrected chi connectivity index (χ2v) is 17.6. The van der Waals surface area contributed by atoms with Crippen molar-refractivity contribution >= 4 is 70.4 Å². The van der Waals surface area contributed by atoms with Gasteiger partial charge in [0.05, 0.1) is 11.0 Å². The zero-order chi connectivity index (χ0) is 40.0. The van der Waals surface area contributed by atoms with E-state index in [1.54, 1.807) is 0 Å². The second-order valence-electron chi connectivity index (χ2n) is 16.5. The molecule has 0 amide bonds. The largest absolute Gasteiger partial charge is 0.310 e. The van der Waals surface area contributed by atoms with Gasteiger partial charge in [-0.2, -0.15) is 0 Å². The van der Waals surface area contributed by atoms with E-state index in [0.717, 1.165) is 22.7 Å². The van der Waals surface area contributed by atoms with Crippen molar-refractivity contribution in [2.45, 2.75) is 19.3 Å². The minimum absolute atomic E-state index is 0.120. The van der Waals surface area contributed by atoms with Gasteiger partial charge in [0.15, 0.2) is 0 Å². The zero-order valence-corrected chi connectivity index (χ0v) is 34.2. The predicted octanol–water partition coefficient (Wildman–Crippen LogP) is 16.3. The SMILES string of the molecule is CC1(C)c2ccccc2-c2ccc(N(c3ccc(-c4ccccc4)cc3)c3ccc4c(c3)c3cc(-c5cccc6sc7ccccc7c56)ccc3n4-c3ccccc3)cc21. The maximum absolute atomic E-state index is 2.45. The first-order chi connectivity index (χ1) is 29.5. The molecule has 60 heavy (non-hydrogen) atoms. The third-order valence-corrected chi connectivity index (χ3v) is 13.9. The highest BCUT2D eigenvalue weighted by Gasteiger charge is 2.35. The van der Waals surface area contributed by atoms with Crippen LogP contribution >= 0.6 is 11.3 Å². The molecule has 9 aromatic carbocycles. The molecule has 284 valence electrons. The van der Waals surface area contributed by atoms with E-state index in [2.05, 4.69) is 230 Å². The number of para-hydroxylation sites is 1. The molecule has 0 atom stereocenters. The van der Waals surface area contributed by atoms with Crippen LogP contribution in [-0.4, -0.2) is 4.57 Å². The Balaban J connectivity index is 1.09. The van der Waals surface area contributed by atoms with E-state index in [1.165, 1.54) is 86.5 Å². The van der Waals surface area contributed by atoms with Crippen LogP contribution in [0.1, 0.15) is 25.0 Å². The highest BCUT2D eigenvalue weighted by atomic mass is 32.1. The van der Waals surface area contributed by atoms with Gasteiger partial charge in [-0.1, -0.05) is 141 Å². The predicted molar refractivity (Wildman–Crippen MR) is 257 cm³/mol. The molecule has 0 unspecified atom stereocenters. The van der Waals surface area contributed by atoms with Crippen LogP contribution in [0, 0.1) is 0 Å². The summed E-state index contributed by atoms with van der Waals surface area (Å²) in [7, 11) is 0. The molecule has 0 fully saturated rings. The van der Waals surface area contributed by atoms with Gasteiger partial charge in [0.25, 0.3) is 0 Å². The Hall–Kier alpha value is -7.20. The van der Waals surface area contributed by atoms with Crippen molar-refractivity contribution in [1.82, 2.24) is 4.57 Å². The molecule has 2 aromatic heterocycles. The maximum atomic E-state index is 2.45. The van der Waals surface area contributed by atoms with E-state index >= 15 is 0 Å². The Labute approximate surface area is 353 Å². The first kappa shape index (κ1) is 34.8. The van der Waals surface area contributed by atoms with Crippen LogP contribution in [0.2, 0.25) is 0 Å². The number of hydrogen-bond donors (Lipinski definition) is 0. The Kier molecular flexibility index (Phi) is 7.79. The van der Waals surface area contributed by atoms with Gasteiger partial charge in [-0.25, -0.2) is 0 Å². The van der Waals surface area contributed by atoms with E-state index in [1.807, 2.05) is 11.3 Å². The topological polar surface area (TPSA) is 8.17 Å². The number of benzene rings is 9. The molecule has 0 saturated heterocycles. The lowest BCUT2D eigenvalue weighted by molar-refractivity contribution is 0.660. The van der Waals surface area contributed by atoms with Crippen LogP contribution in [0.15, 0.2) is 206 Å². The van der Waals surface area contributed by atoms with Crippen molar-refractivity contribution in [3.8, 4) is 39.1 Å². The number of thiophene rings is 1. The van der Waals surface area contributed by atoms with Crippen LogP contribution in [0.5, 0.6) is 0 Å². The molecule has 0 N–H and O–H groups in total. The lowest BCUT2D eigenvalue weighted by Gasteiger charge is -2.28. The molecule has 2 nitrogen and oxygen atoms in total. The molecule has 0 bridgehead atoms. The lowest BCUT2D eigenvalue weighted by atomic mass is 9.82. The monoisotopic (exact) mass is 784 g/mol. The highest BCUT2D eigenvalue weighted by Crippen LogP contribution is 2.51. The van der Waals surface area contributed by atoms with Gasteiger partial charge in [-0.15, -0.1) is 11.3 Å². The number of nitrogens with zero attached hydrogens (tertiary/aromatic N) is 2. The number of anilines is 3. The van der Waals surface area contributed by atoms with E-state index < -0.39 is 0 Å². The van der Waals surface area contributed by atoms with Gasteiger partial charge in [0.2, 0.25) is 0 Å². The summed E-state index contributed by atoms with van der Waals surface area (Å²) in [5.74, 6) is 0. The highest BCUT2D eigenvalue weighted by molar-refractivity contribution is 7.25. The van der Waals surface area contributed by atoms with Crippen LogP contribution in [0.3, 0.4) is 0 Å². The fraction of sp³-hybridized carbons (Fsp3) is 0.0526. The molecule has 1 aliphatic rings. The molecule has 0 spiro atoms. The van der Waals surface area contributed by atoms with E-state index in [9.17, 15) is 0 Å².